The van der Waals surface area contributed by atoms with Crippen LogP contribution in [-0.2, 0) is 9.47 Å². The van der Waals surface area contributed by atoms with Crippen LogP contribution in [0.2, 0.25) is 0 Å². The first-order valence-electron chi connectivity index (χ1n) is 8.08. The molecule has 0 radical (unpaired) electrons. The smallest absolute Gasteiger partial charge is 0.0616 e. The van der Waals surface area contributed by atoms with Crippen molar-refractivity contribution in [2.24, 2.45) is 11.3 Å². The number of hydrogen-bond donors (Lipinski definition) is 1. The lowest BCUT2D eigenvalue weighted by Gasteiger charge is -2.37. The molecule has 1 aliphatic carbocycles. The Bertz CT molecular complexity index is 253. The van der Waals surface area contributed by atoms with E-state index in [1.807, 2.05) is 0 Å². The van der Waals surface area contributed by atoms with Gasteiger partial charge in [-0.05, 0) is 25.7 Å². The van der Waals surface area contributed by atoms with Crippen LogP contribution in [-0.4, -0.2) is 39.5 Å². The second-order valence-electron chi connectivity index (χ2n) is 6.50. The molecule has 0 amide bonds. The van der Waals surface area contributed by atoms with Crippen LogP contribution >= 0.6 is 0 Å². The van der Waals surface area contributed by atoms with Gasteiger partial charge >= 0.3 is 0 Å². The van der Waals surface area contributed by atoms with Crippen molar-refractivity contribution in [1.82, 2.24) is 5.32 Å². The fourth-order valence-electron chi connectivity index (χ4n) is 3.87. The van der Waals surface area contributed by atoms with Gasteiger partial charge < -0.3 is 14.8 Å². The third kappa shape index (κ3) is 4.17. The Kier molecular flexibility index (Phi) is 6.11. The molecule has 3 heteroatoms. The van der Waals surface area contributed by atoms with Gasteiger partial charge in [0.15, 0.2) is 0 Å². The van der Waals surface area contributed by atoms with Crippen molar-refractivity contribution >= 4 is 0 Å². The average Bonchev–Trinajstić information content (AvgIpc) is 2.78. The van der Waals surface area contributed by atoms with Crippen molar-refractivity contribution in [3.05, 3.63) is 0 Å². The van der Waals surface area contributed by atoms with E-state index in [1.165, 1.54) is 44.9 Å². The highest BCUT2D eigenvalue weighted by Crippen LogP contribution is 2.43. The summed E-state index contributed by atoms with van der Waals surface area (Å²) >= 11 is 0. The lowest BCUT2D eigenvalue weighted by molar-refractivity contribution is 0.0440. The Morgan fingerprint density at radius 2 is 2.05 bits per heavy atom. The number of hydrogen-bond acceptors (Lipinski definition) is 3. The average molecular weight is 269 g/mol. The standard InChI is InChI=1S/C16H31NO2/c1-14-16(8-10-19-14,13-17-9-11-18-2)12-15-6-4-3-5-7-15/h14-15,17H,3-13H2,1-2H3. The maximum absolute atomic E-state index is 5.90. The highest BCUT2D eigenvalue weighted by atomic mass is 16.5. The van der Waals surface area contributed by atoms with Crippen LogP contribution in [0, 0.1) is 11.3 Å². The molecule has 0 aromatic carbocycles. The molecule has 0 aromatic heterocycles. The largest absolute Gasteiger partial charge is 0.383 e. The third-order valence-corrected chi connectivity index (χ3v) is 5.21. The molecule has 112 valence electrons. The lowest BCUT2D eigenvalue weighted by atomic mass is 9.71. The van der Waals surface area contributed by atoms with E-state index in [1.54, 1.807) is 7.11 Å². The second kappa shape index (κ2) is 7.61. The number of ether oxygens (including phenoxy) is 2. The minimum Gasteiger partial charge on any atom is -0.383 e. The normalized spacial score (nSPS) is 32.8. The maximum atomic E-state index is 5.90. The minimum atomic E-state index is 0.371. The summed E-state index contributed by atoms with van der Waals surface area (Å²) in [5.74, 6) is 0.933. The molecule has 1 saturated carbocycles. The molecule has 1 heterocycles. The second-order valence-corrected chi connectivity index (χ2v) is 6.50. The summed E-state index contributed by atoms with van der Waals surface area (Å²) in [6.07, 6.45) is 10.2. The predicted octanol–water partition coefficient (Wildman–Crippen LogP) is 2.99. The van der Waals surface area contributed by atoms with Gasteiger partial charge in [-0.15, -0.1) is 0 Å². The molecule has 2 unspecified atom stereocenters. The molecule has 1 N–H and O–H groups in total. The van der Waals surface area contributed by atoms with E-state index in [2.05, 4.69) is 12.2 Å². The lowest BCUT2D eigenvalue weighted by Crippen LogP contribution is -2.42. The van der Waals surface area contributed by atoms with Crippen LogP contribution in [0.4, 0.5) is 0 Å². The Balaban J connectivity index is 1.86. The molecule has 1 aliphatic heterocycles. The summed E-state index contributed by atoms with van der Waals surface area (Å²) in [7, 11) is 1.76. The van der Waals surface area contributed by atoms with Crippen LogP contribution in [0.1, 0.15) is 51.9 Å². The minimum absolute atomic E-state index is 0.371. The van der Waals surface area contributed by atoms with Gasteiger partial charge in [0.1, 0.15) is 0 Å². The van der Waals surface area contributed by atoms with Gasteiger partial charge in [0.2, 0.25) is 0 Å². The van der Waals surface area contributed by atoms with Gasteiger partial charge in [-0.1, -0.05) is 32.1 Å². The highest BCUT2D eigenvalue weighted by Gasteiger charge is 2.42. The summed E-state index contributed by atoms with van der Waals surface area (Å²) < 4.78 is 11.0. The summed E-state index contributed by atoms with van der Waals surface area (Å²) in [6, 6.07) is 0. The van der Waals surface area contributed by atoms with Crippen LogP contribution in [0.5, 0.6) is 0 Å². The SMILES string of the molecule is COCCNCC1(CC2CCCCC2)CCOC1C. The summed E-state index contributed by atoms with van der Waals surface area (Å²) in [5.41, 5.74) is 0.371. The van der Waals surface area contributed by atoms with E-state index in [0.29, 0.717) is 11.5 Å². The van der Waals surface area contributed by atoms with Crippen molar-refractivity contribution in [2.75, 3.05) is 33.4 Å². The summed E-state index contributed by atoms with van der Waals surface area (Å²) in [6.45, 7) is 6.06. The van der Waals surface area contributed by atoms with Crippen LogP contribution in [0.25, 0.3) is 0 Å². The topological polar surface area (TPSA) is 30.5 Å². The molecule has 2 atom stereocenters. The Labute approximate surface area is 118 Å². The third-order valence-electron chi connectivity index (χ3n) is 5.21. The van der Waals surface area contributed by atoms with Gasteiger partial charge in [0.05, 0.1) is 12.7 Å². The van der Waals surface area contributed by atoms with Gasteiger partial charge in [-0.3, -0.25) is 0 Å². The first kappa shape index (κ1) is 15.3. The maximum Gasteiger partial charge on any atom is 0.0616 e. The number of rotatable bonds is 7. The van der Waals surface area contributed by atoms with Gasteiger partial charge in [-0.25, -0.2) is 0 Å². The molecular weight excluding hydrogens is 238 g/mol. The molecule has 0 bridgehead atoms. The first-order chi connectivity index (χ1) is 9.27. The van der Waals surface area contributed by atoms with Crippen molar-refractivity contribution in [3.8, 4) is 0 Å². The van der Waals surface area contributed by atoms with Crippen LogP contribution in [0.3, 0.4) is 0 Å². The summed E-state index contributed by atoms with van der Waals surface area (Å²) in [5, 5.41) is 3.58. The van der Waals surface area contributed by atoms with E-state index in [-0.39, 0.29) is 0 Å². The van der Waals surface area contributed by atoms with Crippen molar-refractivity contribution in [1.29, 1.82) is 0 Å². The molecule has 2 aliphatic rings. The first-order valence-corrected chi connectivity index (χ1v) is 8.08. The number of methoxy groups -OCH3 is 1. The zero-order valence-corrected chi connectivity index (χ0v) is 12.7. The quantitative estimate of drug-likeness (QED) is 0.721. The molecule has 19 heavy (non-hydrogen) atoms. The van der Waals surface area contributed by atoms with E-state index in [0.717, 1.165) is 32.2 Å². The molecular formula is C16H31NO2. The van der Waals surface area contributed by atoms with E-state index < -0.39 is 0 Å². The fourth-order valence-corrected chi connectivity index (χ4v) is 3.87. The predicted molar refractivity (Wildman–Crippen MR) is 78.4 cm³/mol. The molecule has 2 rings (SSSR count). The summed E-state index contributed by atoms with van der Waals surface area (Å²) in [4.78, 5) is 0. The fraction of sp³-hybridized carbons (Fsp3) is 1.00. The van der Waals surface area contributed by atoms with Crippen molar-refractivity contribution < 1.29 is 9.47 Å². The van der Waals surface area contributed by atoms with Crippen molar-refractivity contribution in [3.63, 3.8) is 0 Å². The van der Waals surface area contributed by atoms with E-state index in [9.17, 15) is 0 Å². The zero-order chi connectivity index (χ0) is 13.6. The zero-order valence-electron chi connectivity index (χ0n) is 12.7. The van der Waals surface area contributed by atoms with Crippen LogP contribution in [0.15, 0.2) is 0 Å². The molecule has 0 spiro atoms. The Hall–Kier alpha value is -0.120. The van der Waals surface area contributed by atoms with Gasteiger partial charge in [0, 0.05) is 32.2 Å². The van der Waals surface area contributed by atoms with Gasteiger partial charge in [0.25, 0.3) is 0 Å². The molecule has 0 aromatic rings. The van der Waals surface area contributed by atoms with E-state index >= 15 is 0 Å². The molecule has 1 saturated heterocycles. The Morgan fingerprint density at radius 3 is 2.68 bits per heavy atom. The van der Waals surface area contributed by atoms with E-state index in [4.69, 9.17) is 9.47 Å². The number of nitrogens with one attached hydrogen (secondary N) is 1. The van der Waals surface area contributed by atoms with Gasteiger partial charge in [-0.2, -0.15) is 0 Å². The highest BCUT2D eigenvalue weighted by molar-refractivity contribution is 4.93. The molecule has 3 nitrogen and oxygen atoms in total. The van der Waals surface area contributed by atoms with Crippen LogP contribution < -0.4 is 5.32 Å². The monoisotopic (exact) mass is 269 g/mol. The van der Waals surface area contributed by atoms with Crippen molar-refractivity contribution in [2.45, 2.75) is 58.0 Å². The molecule has 2 fully saturated rings. The Morgan fingerprint density at radius 1 is 1.26 bits per heavy atom.